The third kappa shape index (κ3) is 8.82. The van der Waals surface area contributed by atoms with Gasteiger partial charge < -0.3 is 10.2 Å². The Morgan fingerprint density at radius 2 is 1.67 bits per heavy atom. The fraction of sp³-hybridized carbons (Fsp3) is 0.375. The van der Waals surface area contributed by atoms with Crippen molar-refractivity contribution in [2.24, 2.45) is 0 Å². The fourth-order valence-electron chi connectivity index (χ4n) is 5.42. The second-order valence-corrected chi connectivity index (χ2v) is 14.2. The monoisotopic (exact) mass is 673 g/mol. The standard InChI is InChI=1S/C32H37BrClN3O4S/c1-23-18-27(34)16-17-29(23)37(42(2,40)41)22-31(38)36(21-25-12-9-13-26(33)19-25)30(20-24-10-5-3-6-11-24)32(39)35-28-14-7-4-8-15-28/h3,5-6,9-13,16-19,28,30H,4,7-8,14-15,20-22H2,1-2H3,(H,35,39)/t30-/m0/s1. The molecule has 42 heavy (non-hydrogen) atoms. The lowest BCUT2D eigenvalue weighted by Crippen LogP contribution is -2.55. The maximum atomic E-state index is 14.3. The molecule has 1 aliphatic carbocycles. The van der Waals surface area contributed by atoms with Crippen LogP contribution >= 0.6 is 27.5 Å². The highest BCUT2D eigenvalue weighted by atomic mass is 79.9. The van der Waals surface area contributed by atoms with E-state index in [1.54, 1.807) is 25.1 Å². The van der Waals surface area contributed by atoms with Gasteiger partial charge in [0, 0.05) is 28.5 Å². The average Bonchev–Trinajstić information content (AvgIpc) is 2.94. The normalized spacial score (nSPS) is 14.7. The van der Waals surface area contributed by atoms with Gasteiger partial charge in [-0.15, -0.1) is 0 Å². The molecule has 3 aromatic rings. The van der Waals surface area contributed by atoms with Crippen LogP contribution in [0, 0.1) is 6.92 Å². The molecule has 224 valence electrons. The van der Waals surface area contributed by atoms with Gasteiger partial charge in [-0.25, -0.2) is 8.42 Å². The van der Waals surface area contributed by atoms with E-state index < -0.39 is 28.5 Å². The topological polar surface area (TPSA) is 86.8 Å². The molecule has 7 nitrogen and oxygen atoms in total. The summed E-state index contributed by atoms with van der Waals surface area (Å²) in [6.45, 7) is 1.42. The van der Waals surface area contributed by atoms with Gasteiger partial charge >= 0.3 is 0 Å². The van der Waals surface area contributed by atoms with Gasteiger partial charge in [0.05, 0.1) is 11.9 Å². The molecule has 0 radical (unpaired) electrons. The number of rotatable bonds is 11. The Kier molecular flexibility index (Phi) is 11.1. The van der Waals surface area contributed by atoms with Crippen molar-refractivity contribution in [1.82, 2.24) is 10.2 Å². The highest BCUT2D eigenvalue weighted by Gasteiger charge is 2.34. The number of anilines is 1. The number of aryl methyl sites for hydroxylation is 1. The van der Waals surface area contributed by atoms with Crippen molar-refractivity contribution in [3.8, 4) is 0 Å². The number of halogens is 2. The number of hydrogen-bond donors (Lipinski definition) is 1. The quantitative estimate of drug-likeness (QED) is 0.260. The molecule has 0 aliphatic heterocycles. The Morgan fingerprint density at radius 3 is 2.31 bits per heavy atom. The van der Waals surface area contributed by atoms with Gasteiger partial charge in [-0.3, -0.25) is 13.9 Å². The van der Waals surface area contributed by atoms with Crippen LogP contribution in [-0.4, -0.2) is 50.0 Å². The Hall–Kier alpha value is -2.88. The van der Waals surface area contributed by atoms with Gasteiger partial charge in [0.2, 0.25) is 21.8 Å². The summed E-state index contributed by atoms with van der Waals surface area (Å²) in [4.78, 5) is 29.8. The summed E-state index contributed by atoms with van der Waals surface area (Å²) in [6, 6.07) is 21.2. The first kappa shape index (κ1) is 32.0. The molecule has 0 unspecified atom stereocenters. The number of amides is 2. The van der Waals surface area contributed by atoms with E-state index in [1.807, 2.05) is 54.6 Å². The van der Waals surface area contributed by atoms with E-state index in [-0.39, 0.29) is 24.9 Å². The molecule has 1 fully saturated rings. The van der Waals surface area contributed by atoms with Crippen LogP contribution in [-0.2, 0) is 32.6 Å². The summed E-state index contributed by atoms with van der Waals surface area (Å²) in [5, 5.41) is 3.68. The minimum atomic E-state index is -3.85. The lowest BCUT2D eigenvalue weighted by atomic mass is 9.94. The van der Waals surface area contributed by atoms with Crippen LogP contribution in [0.2, 0.25) is 5.02 Å². The van der Waals surface area contributed by atoms with Crippen LogP contribution in [0.5, 0.6) is 0 Å². The first-order valence-electron chi connectivity index (χ1n) is 14.1. The lowest BCUT2D eigenvalue weighted by molar-refractivity contribution is -0.140. The first-order valence-corrected chi connectivity index (χ1v) is 17.2. The molecule has 4 rings (SSSR count). The summed E-state index contributed by atoms with van der Waals surface area (Å²) < 4.78 is 28.0. The molecule has 10 heteroatoms. The average molecular weight is 675 g/mol. The molecule has 0 spiro atoms. The van der Waals surface area contributed by atoms with Crippen LogP contribution in [0.1, 0.15) is 48.8 Å². The fourth-order valence-corrected chi connectivity index (χ4v) is 7.00. The third-order valence-corrected chi connectivity index (χ3v) is 9.43. The molecule has 1 saturated carbocycles. The Labute approximate surface area is 262 Å². The van der Waals surface area contributed by atoms with Crippen molar-refractivity contribution in [2.75, 3.05) is 17.1 Å². The predicted molar refractivity (Wildman–Crippen MR) is 172 cm³/mol. The molecule has 2 amide bonds. The van der Waals surface area contributed by atoms with Crippen LogP contribution in [0.4, 0.5) is 5.69 Å². The molecular weight excluding hydrogens is 638 g/mol. The maximum absolute atomic E-state index is 14.3. The van der Waals surface area contributed by atoms with E-state index in [4.69, 9.17) is 11.6 Å². The molecule has 1 atom stereocenters. The second-order valence-electron chi connectivity index (χ2n) is 10.9. The van der Waals surface area contributed by atoms with Gasteiger partial charge in [-0.05, 0) is 66.8 Å². The number of benzene rings is 3. The minimum Gasteiger partial charge on any atom is -0.352 e. The van der Waals surface area contributed by atoms with E-state index in [2.05, 4.69) is 21.2 Å². The molecule has 0 bridgehead atoms. The molecule has 0 aromatic heterocycles. The summed E-state index contributed by atoms with van der Waals surface area (Å²) >= 11 is 9.64. The highest BCUT2D eigenvalue weighted by molar-refractivity contribution is 9.10. The van der Waals surface area contributed by atoms with E-state index in [0.29, 0.717) is 16.3 Å². The number of hydrogen-bond acceptors (Lipinski definition) is 4. The van der Waals surface area contributed by atoms with Gasteiger partial charge in [-0.2, -0.15) is 0 Å². The number of nitrogens with one attached hydrogen (secondary N) is 1. The SMILES string of the molecule is Cc1cc(Cl)ccc1N(CC(=O)N(Cc1cccc(Br)c1)[C@@H](Cc1ccccc1)C(=O)NC1CCCCC1)S(C)(=O)=O. The largest absolute Gasteiger partial charge is 0.352 e. The Morgan fingerprint density at radius 1 is 0.976 bits per heavy atom. The van der Waals surface area contributed by atoms with Crippen LogP contribution in [0.25, 0.3) is 0 Å². The van der Waals surface area contributed by atoms with E-state index >= 15 is 0 Å². The number of sulfonamides is 1. The van der Waals surface area contributed by atoms with E-state index in [9.17, 15) is 18.0 Å². The summed E-state index contributed by atoms with van der Waals surface area (Å²) in [5.41, 5.74) is 2.70. The van der Waals surface area contributed by atoms with Crippen LogP contribution in [0.3, 0.4) is 0 Å². The van der Waals surface area contributed by atoms with E-state index in [1.165, 1.54) is 4.90 Å². The van der Waals surface area contributed by atoms with Crippen LogP contribution < -0.4 is 9.62 Å². The Bertz CT molecular complexity index is 1500. The molecule has 0 heterocycles. The van der Waals surface area contributed by atoms with Crippen molar-refractivity contribution in [3.63, 3.8) is 0 Å². The zero-order valence-corrected chi connectivity index (χ0v) is 27.1. The van der Waals surface area contributed by atoms with Gasteiger partial charge in [-0.1, -0.05) is 89.3 Å². The zero-order chi connectivity index (χ0) is 30.3. The van der Waals surface area contributed by atoms with Crippen molar-refractivity contribution in [1.29, 1.82) is 0 Å². The smallest absolute Gasteiger partial charge is 0.244 e. The maximum Gasteiger partial charge on any atom is 0.244 e. The second kappa shape index (κ2) is 14.5. The van der Waals surface area contributed by atoms with Crippen molar-refractivity contribution >= 4 is 55.1 Å². The van der Waals surface area contributed by atoms with Crippen molar-refractivity contribution in [2.45, 2.75) is 64.1 Å². The minimum absolute atomic E-state index is 0.0524. The first-order chi connectivity index (χ1) is 20.0. The molecular formula is C32H37BrClN3O4S. The summed E-state index contributed by atoms with van der Waals surface area (Å²) in [7, 11) is -3.85. The molecule has 3 aromatic carbocycles. The Balaban J connectivity index is 1.74. The molecule has 0 saturated heterocycles. The molecule has 1 aliphatic rings. The van der Waals surface area contributed by atoms with Gasteiger partial charge in [0.25, 0.3) is 0 Å². The van der Waals surface area contributed by atoms with Gasteiger partial charge in [0.15, 0.2) is 0 Å². The van der Waals surface area contributed by atoms with E-state index in [0.717, 1.165) is 58.3 Å². The lowest BCUT2D eigenvalue weighted by Gasteiger charge is -2.35. The van der Waals surface area contributed by atoms with Crippen molar-refractivity contribution in [3.05, 3.63) is 99.0 Å². The van der Waals surface area contributed by atoms with Crippen molar-refractivity contribution < 1.29 is 18.0 Å². The zero-order valence-electron chi connectivity index (χ0n) is 23.9. The van der Waals surface area contributed by atoms with Gasteiger partial charge in [0.1, 0.15) is 12.6 Å². The number of carbonyl (C=O) groups excluding carboxylic acids is 2. The number of nitrogens with zero attached hydrogens (tertiary/aromatic N) is 2. The van der Waals surface area contributed by atoms with Crippen LogP contribution in [0.15, 0.2) is 77.3 Å². The highest BCUT2D eigenvalue weighted by Crippen LogP contribution is 2.27. The number of carbonyl (C=O) groups is 2. The predicted octanol–water partition coefficient (Wildman–Crippen LogP) is 6.27. The third-order valence-electron chi connectivity index (χ3n) is 7.57. The summed E-state index contributed by atoms with van der Waals surface area (Å²) in [6.07, 6.45) is 6.43. The summed E-state index contributed by atoms with van der Waals surface area (Å²) in [5.74, 6) is -0.711. The molecule has 1 N–H and O–H groups in total.